The van der Waals surface area contributed by atoms with Crippen molar-refractivity contribution >= 4 is 28.7 Å². The van der Waals surface area contributed by atoms with Gasteiger partial charge in [0.25, 0.3) is 0 Å². The molecule has 0 saturated carbocycles. The lowest BCUT2D eigenvalue weighted by atomic mass is 10.2. The van der Waals surface area contributed by atoms with Crippen LogP contribution in [0, 0.1) is 5.92 Å². The first-order valence-corrected chi connectivity index (χ1v) is 6.85. The van der Waals surface area contributed by atoms with E-state index < -0.39 is 5.76 Å². The molecule has 2 aromatic rings. The Kier molecular flexibility index (Phi) is 4.69. The molecule has 0 N–H and O–H groups in total. The molecule has 1 aromatic carbocycles. The summed E-state index contributed by atoms with van der Waals surface area (Å²) >= 11 is 5.87. The number of methoxy groups -OCH3 is 1. The summed E-state index contributed by atoms with van der Waals surface area (Å²) in [4.78, 5) is 25.2. The highest BCUT2D eigenvalue weighted by Gasteiger charge is 2.17. The molecular weight excluding hydrogens is 296 g/mol. The van der Waals surface area contributed by atoms with Gasteiger partial charge in [-0.3, -0.25) is 14.3 Å². The van der Waals surface area contributed by atoms with Crippen LogP contribution in [0.4, 0.5) is 0 Å². The Hall–Kier alpha value is -1.79. The fourth-order valence-electron chi connectivity index (χ4n) is 2.22. The zero-order valence-electron chi connectivity index (χ0n) is 12.1. The molecule has 0 spiro atoms. The summed E-state index contributed by atoms with van der Waals surface area (Å²) in [6.45, 7) is 2.56. The van der Waals surface area contributed by atoms with Crippen molar-refractivity contribution in [3.63, 3.8) is 0 Å². The van der Waals surface area contributed by atoms with Crippen molar-refractivity contribution in [1.82, 2.24) is 9.47 Å². The smallest absolute Gasteiger partial charge is 0.421 e. The molecule has 6 nitrogen and oxygen atoms in total. The maximum atomic E-state index is 11.9. The van der Waals surface area contributed by atoms with Crippen LogP contribution in [0.25, 0.3) is 11.1 Å². The SMILES string of the molecule is COC(=O)[C@H](C)CN(C)Cn1c(=O)oc2cc(Cl)ccc21. The van der Waals surface area contributed by atoms with Crippen molar-refractivity contribution < 1.29 is 13.9 Å². The van der Waals surface area contributed by atoms with Crippen LogP contribution in [0.5, 0.6) is 0 Å². The third kappa shape index (κ3) is 3.46. The standard InChI is InChI=1S/C14H17ClN2O4/c1-9(13(18)20-3)7-16(2)8-17-11-5-4-10(15)6-12(11)21-14(17)19/h4-6,9H,7-8H2,1-3H3/t9-/m1/s1. The summed E-state index contributed by atoms with van der Waals surface area (Å²) in [5, 5.41) is 0.510. The molecule has 0 radical (unpaired) electrons. The van der Waals surface area contributed by atoms with Crippen LogP contribution in [0.1, 0.15) is 6.92 Å². The molecule has 114 valence electrons. The predicted octanol–water partition coefficient (Wildman–Crippen LogP) is 1.95. The minimum atomic E-state index is -0.454. The second-order valence-electron chi connectivity index (χ2n) is 5.01. The highest BCUT2D eigenvalue weighted by Crippen LogP contribution is 2.18. The molecular formula is C14H17ClN2O4. The van der Waals surface area contributed by atoms with Crippen molar-refractivity contribution in [3.05, 3.63) is 33.8 Å². The number of halogens is 1. The number of carbonyl (C=O) groups is 1. The van der Waals surface area contributed by atoms with Crippen LogP contribution in [-0.4, -0.2) is 36.1 Å². The predicted molar refractivity (Wildman–Crippen MR) is 79.3 cm³/mol. The number of aromatic nitrogens is 1. The van der Waals surface area contributed by atoms with E-state index in [1.165, 1.54) is 11.7 Å². The first-order valence-electron chi connectivity index (χ1n) is 6.47. The second-order valence-corrected chi connectivity index (χ2v) is 5.45. The molecule has 0 amide bonds. The number of benzene rings is 1. The fourth-order valence-corrected chi connectivity index (χ4v) is 2.38. The number of ether oxygens (including phenoxy) is 1. The Balaban J connectivity index is 2.18. The maximum absolute atomic E-state index is 11.9. The number of oxazole rings is 1. The second kappa shape index (κ2) is 6.32. The number of fused-ring (bicyclic) bond motifs is 1. The average Bonchev–Trinajstić information content (AvgIpc) is 2.73. The van der Waals surface area contributed by atoms with Gasteiger partial charge >= 0.3 is 11.7 Å². The van der Waals surface area contributed by atoms with E-state index in [-0.39, 0.29) is 11.9 Å². The number of hydrogen-bond acceptors (Lipinski definition) is 5. The first-order chi connectivity index (χ1) is 9.92. The van der Waals surface area contributed by atoms with Crippen LogP contribution >= 0.6 is 11.6 Å². The first kappa shape index (κ1) is 15.6. The van der Waals surface area contributed by atoms with E-state index in [2.05, 4.69) is 4.74 Å². The van der Waals surface area contributed by atoms with Gasteiger partial charge in [-0.1, -0.05) is 18.5 Å². The highest BCUT2D eigenvalue weighted by atomic mass is 35.5. The maximum Gasteiger partial charge on any atom is 0.421 e. The van der Waals surface area contributed by atoms with Gasteiger partial charge in [-0.05, 0) is 19.2 Å². The number of esters is 1. The van der Waals surface area contributed by atoms with E-state index in [9.17, 15) is 9.59 Å². The monoisotopic (exact) mass is 312 g/mol. The van der Waals surface area contributed by atoms with Gasteiger partial charge in [-0.15, -0.1) is 0 Å². The van der Waals surface area contributed by atoms with Crippen LogP contribution in [0.2, 0.25) is 5.02 Å². The van der Waals surface area contributed by atoms with Crippen molar-refractivity contribution in [2.24, 2.45) is 5.92 Å². The quantitative estimate of drug-likeness (QED) is 0.790. The van der Waals surface area contributed by atoms with Crippen molar-refractivity contribution in [2.75, 3.05) is 20.7 Å². The van der Waals surface area contributed by atoms with Gasteiger partial charge < -0.3 is 9.15 Å². The third-order valence-corrected chi connectivity index (χ3v) is 3.44. The Morgan fingerprint density at radius 1 is 1.52 bits per heavy atom. The van der Waals surface area contributed by atoms with Crippen LogP contribution < -0.4 is 5.76 Å². The zero-order valence-corrected chi connectivity index (χ0v) is 12.9. The van der Waals surface area contributed by atoms with Crippen molar-refractivity contribution in [3.8, 4) is 0 Å². The van der Waals surface area contributed by atoms with Crippen LogP contribution in [-0.2, 0) is 16.2 Å². The lowest BCUT2D eigenvalue weighted by Gasteiger charge is -2.19. The van der Waals surface area contributed by atoms with Crippen LogP contribution in [0.15, 0.2) is 27.4 Å². The number of rotatable bonds is 5. The van der Waals surface area contributed by atoms with E-state index in [0.717, 1.165) is 0 Å². The van der Waals surface area contributed by atoms with E-state index in [1.54, 1.807) is 25.1 Å². The highest BCUT2D eigenvalue weighted by molar-refractivity contribution is 6.31. The van der Waals surface area contributed by atoms with E-state index >= 15 is 0 Å². The Morgan fingerprint density at radius 2 is 2.24 bits per heavy atom. The third-order valence-electron chi connectivity index (χ3n) is 3.20. The van der Waals surface area contributed by atoms with E-state index in [4.69, 9.17) is 16.0 Å². The molecule has 1 heterocycles. The summed E-state index contributed by atoms with van der Waals surface area (Å²) in [7, 11) is 3.18. The molecule has 1 aromatic heterocycles. The number of carbonyl (C=O) groups excluding carboxylic acids is 1. The molecule has 0 fully saturated rings. The van der Waals surface area contributed by atoms with Gasteiger partial charge in [0.1, 0.15) is 0 Å². The molecule has 0 aliphatic rings. The van der Waals surface area contributed by atoms with E-state index in [0.29, 0.717) is 29.3 Å². The van der Waals surface area contributed by atoms with Gasteiger partial charge in [-0.2, -0.15) is 0 Å². The number of nitrogens with zero attached hydrogens (tertiary/aromatic N) is 2. The van der Waals surface area contributed by atoms with Crippen molar-refractivity contribution in [1.29, 1.82) is 0 Å². The van der Waals surface area contributed by atoms with Gasteiger partial charge in [0.15, 0.2) is 5.58 Å². The Morgan fingerprint density at radius 3 is 2.90 bits per heavy atom. The minimum absolute atomic E-state index is 0.275. The molecule has 7 heteroatoms. The van der Waals surface area contributed by atoms with Gasteiger partial charge in [0, 0.05) is 17.6 Å². The molecule has 1 atom stereocenters. The molecule has 21 heavy (non-hydrogen) atoms. The zero-order chi connectivity index (χ0) is 15.6. The summed E-state index contributed by atoms with van der Waals surface area (Å²) in [6.07, 6.45) is 0. The summed E-state index contributed by atoms with van der Waals surface area (Å²) in [5.74, 6) is -1.01. The molecule has 0 aliphatic heterocycles. The molecule has 2 rings (SSSR count). The van der Waals surface area contributed by atoms with E-state index in [1.807, 2.05) is 11.9 Å². The summed E-state index contributed by atoms with van der Waals surface area (Å²) in [5.41, 5.74) is 1.11. The average molecular weight is 313 g/mol. The lowest BCUT2D eigenvalue weighted by molar-refractivity contribution is -0.145. The topological polar surface area (TPSA) is 64.7 Å². The molecule has 0 aliphatic carbocycles. The largest absolute Gasteiger partial charge is 0.469 e. The molecule has 0 saturated heterocycles. The Bertz CT molecular complexity index is 707. The molecule has 0 bridgehead atoms. The summed E-state index contributed by atoms with van der Waals surface area (Å²) in [6, 6.07) is 5.04. The van der Waals surface area contributed by atoms with Crippen LogP contribution in [0.3, 0.4) is 0 Å². The minimum Gasteiger partial charge on any atom is -0.469 e. The molecule has 0 unspecified atom stereocenters. The summed E-state index contributed by atoms with van der Waals surface area (Å²) < 4.78 is 11.3. The fraction of sp³-hybridized carbons (Fsp3) is 0.429. The van der Waals surface area contributed by atoms with Gasteiger partial charge in [0.2, 0.25) is 0 Å². The van der Waals surface area contributed by atoms with Gasteiger partial charge in [0.05, 0.1) is 25.2 Å². The normalized spacial score (nSPS) is 12.8. The Labute approximate surface area is 126 Å². The van der Waals surface area contributed by atoms with Gasteiger partial charge in [-0.25, -0.2) is 4.79 Å². The van der Waals surface area contributed by atoms with Crippen molar-refractivity contribution in [2.45, 2.75) is 13.6 Å². The number of hydrogen-bond donors (Lipinski definition) is 0. The lowest BCUT2D eigenvalue weighted by Crippen LogP contribution is -2.33.